The minimum absolute atomic E-state index is 0.0202. The van der Waals surface area contributed by atoms with E-state index in [0.717, 1.165) is 34.8 Å². The summed E-state index contributed by atoms with van der Waals surface area (Å²) >= 11 is 25.2. The van der Waals surface area contributed by atoms with Crippen LogP contribution in [0.4, 0.5) is 34.8 Å². The summed E-state index contributed by atoms with van der Waals surface area (Å²) in [6, 6.07) is 9.47. The van der Waals surface area contributed by atoms with Gasteiger partial charge in [0.05, 0.1) is 46.0 Å². The van der Waals surface area contributed by atoms with Crippen molar-refractivity contribution in [2.24, 2.45) is 0 Å². The van der Waals surface area contributed by atoms with Crippen LogP contribution in [0.1, 0.15) is 20.7 Å². The van der Waals surface area contributed by atoms with Crippen molar-refractivity contribution in [1.82, 2.24) is 35.4 Å². The Morgan fingerprint density at radius 3 is 1.59 bits per heavy atom. The van der Waals surface area contributed by atoms with E-state index in [1.165, 1.54) is 18.6 Å². The molecule has 0 aliphatic rings. The van der Waals surface area contributed by atoms with Crippen LogP contribution in [0.5, 0.6) is 0 Å². The molecule has 0 saturated carbocycles. The van der Waals surface area contributed by atoms with Gasteiger partial charge in [0, 0.05) is 21.2 Å². The number of nitrogens with two attached hydrogens (primary N) is 2. The lowest BCUT2D eigenvalue weighted by atomic mass is 10.1. The summed E-state index contributed by atoms with van der Waals surface area (Å²) < 4.78 is 15.2. The second-order valence-corrected chi connectivity index (χ2v) is 12.0. The molecule has 0 fully saturated rings. The number of nitrogen functional groups attached to an aromatic ring is 2. The molecule has 0 bridgehead atoms. The van der Waals surface area contributed by atoms with E-state index in [2.05, 4.69) is 35.4 Å². The predicted octanol–water partition coefficient (Wildman–Crippen LogP) is 7.30. The molecule has 2 amide bonds. The van der Waals surface area contributed by atoms with E-state index in [1.54, 1.807) is 36.4 Å². The number of anilines is 6. The molecule has 0 aliphatic heterocycles. The first kappa shape index (κ1) is 33.4. The fourth-order valence-corrected chi connectivity index (χ4v) is 5.59. The molecule has 7 rings (SSSR count). The second-order valence-electron chi connectivity index (χ2n) is 10.3. The first-order valence-corrected chi connectivity index (χ1v) is 15.7. The molecular formula is C31H17Cl4N11O5. The highest BCUT2D eigenvalue weighted by molar-refractivity contribution is 6.36. The highest BCUT2D eigenvalue weighted by atomic mass is 35.5. The van der Waals surface area contributed by atoms with Crippen molar-refractivity contribution in [3.63, 3.8) is 0 Å². The van der Waals surface area contributed by atoms with E-state index in [1.807, 2.05) is 0 Å². The van der Waals surface area contributed by atoms with Crippen LogP contribution in [0, 0.1) is 0 Å². The lowest BCUT2D eigenvalue weighted by Crippen LogP contribution is -2.32. The van der Waals surface area contributed by atoms with E-state index in [-0.39, 0.29) is 57.3 Å². The molecule has 51 heavy (non-hydrogen) atoms. The molecule has 0 spiro atoms. The van der Waals surface area contributed by atoms with Gasteiger partial charge in [-0.3, -0.25) is 14.5 Å². The Morgan fingerprint density at radius 2 is 1.12 bits per heavy atom. The largest absolute Gasteiger partial charge is 0.382 e. The quantitative estimate of drug-likeness (QED) is 0.155. The van der Waals surface area contributed by atoms with Crippen molar-refractivity contribution in [3.05, 3.63) is 111 Å². The first-order valence-electron chi connectivity index (χ1n) is 14.2. The lowest BCUT2D eigenvalue weighted by molar-refractivity contribution is 0.0985. The zero-order valence-electron chi connectivity index (χ0n) is 25.2. The molecule has 0 radical (unpaired) electrons. The Bertz CT molecular complexity index is 2260. The molecule has 5 heterocycles. The third-order valence-electron chi connectivity index (χ3n) is 7.15. The maximum Gasteiger partial charge on any atom is 0.270 e. The van der Waals surface area contributed by atoms with Crippen LogP contribution in [-0.2, 0) is 0 Å². The molecule has 0 saturated heterocycles. The summed E-state index contributed by atoms with van der Waals surface area (Å²) in [5.74, 6) is -2.32. The van der Waals surface area contributed by atoms with Gasteiger partial charge in [-0.05, 0) is 36.4 Å². The number of aromatic nitrogens is 7. The van der Waals surface area contributed by atoms with Gasteiger partial charge < -0.3 is 25.0 Å². The number of carbonyl (C=O) groups is 2. The van der Waals surface area contributed by atoms with Crippen molar-refractivity contribution in [2.75, 3.05) is 21.3 Å². The Kier molecular flexibility index (Phi) is 8.97. The number of nitrogens with zero attached hydrogens (tertiary/aromatic N) is 9. The molecule has 16 nitrogen and oxygen atoms in total. The fourth-order valence-electron chi connectivity index (χ4n) is 4.83. The first-order chi connectivity index (χ1) is 24.6. The number of benzene rings is 2. The summed E-state index contributed by atoms with van der Waals surface area (Å²) in [4.78, 5) is 48.0. The maximum atomic E-state index is 14.1. The third kappa shape index (κ3) is 6.39. The van der Waals surface area contributed by atoms with Crippen LogP contribution in [0.2, 0.25) is 20.1 Å². The third-order valence-corrected chi connectivity index (χ3v) is 8.28. The Balaban J connectivity index is 1.38. The van der Waals surface area contributed by atoms with E-state index >= 15 is 0 Å². The highest BCUT2D eigenvalue weighted by Gasteiger charge is 2.35. The van der Waals surface area contributed by atoms with E-state index < -0.39 is 11.8 Å². The van der Waals surface area contributed by atoms with Gasteiger partial charge in [-0.15, -0.1) is 0 Å². The molecule has 4 N–H and O–H groups in total. The molecular weight excluding hydrogens is 748 g/mol. The van der Waals surface area contributed by atoms with Gasteiger partial charge in [0.1, 0.15) is 35.9 Å². The van der Waals surface area contributed by atoms with Crippen LogP contribution in [0.25, 0.3) is 22.5 Å². The molecule has 0 unspecified atom stereocenters. The summed E-state index contributed by atoms with van der Waals surface area (Å²) in [5.41, 5.74) is 13.7. The maximum absolute atomic E-state index is 14.1. The van der Waals surface area contributed by atoms with Crippen molar-refractivity contribution in [2.45, 2.75) is 0 Å². The van der Waals surface area contributed by atoms with Crippen LogP contribution in [0.15, 0.2) is 93.5 Å². The smallest absolute Gasteiger partial charge is 0.270 e. The summed E-state index contributed by atoms with van der Waals surface area (Å²) in [7, 11) is 0. The number of hydrogen-bond donors (Lipinski definition) is 2. The van der Waals surface area contributed by atoms with E-state index in [0.29, 0.717) is 31.2 Å². The monoisotopic (exact) mass is 763 g/mol. The van der Waals surface area contributed by atoms with Gasteiger partial charge in [-0.25, -0.2) is 24.8 Å². The van der Waals surface area contributed by atoms with Crippen LogP contribution in [0.3, 0.4) is 0 Å². The summed E-state index contributed by atoms with van der Waals surface area (Å²) in [6.07, 6.45) is 8.11. The second kappa shape index (κ2) is 13.7. The van der Waals surface area contributed by atoms with E-state index in [9.17, 15) is 9.59 Å². The van der Waals surface area contributed by atoms with Crippen molar-refractivity contribution >= 4 is 93.0 Å². The Hall–Kier alpha value is -6.07. The van der Waals surface area contributed by atoms with Gasteiger partial charge >= 0.3 is 0 Å². The number of halogens is 4. The van der Waals surface area contributed by atoms with Crippen molar-refractivity contribution < 1.29 is 23.2 Å². The number of hydrogen-bond acceptors (Lipinski definition) is 14. The Morgan fingerprint density at radius 1 is 0.627 bits per heavy atom. The minimum atomic E-state index is -0.775. The average Bonchev–Trinajstić information content (AvgIpc) is 3.92. The van der Waals surface area contributed by atoms with Crippen LogP contribution in [-0.4, -0.2) is 47.2 Å². The molecule has 7 aromatic rings. The van der Waals surface area contributed by atoms with Gasteiger partial charge in [0.25, 0.3) is 11.8 Å². The van der Waals surface area contributed by atoms with Crippen molar-refractivity contribution in [1.29, 1.82) is 0 Å². The summed E-state index contributed by atoms with van der Waals surface area (Å²) in [5, 5.41) is 12.7. The minimum Gasteiger partial charge on any atom is -0.382 e. The van der Waals surface area contributed by atoms with Crippen LogP contribution >= 0.6 is 46.4 Å². The van der Waals surface area contributed by atoms with Gasteiger partial charge in [0.2, 0.25) is 5.82 Å². The number of carbonyl (C=O) groups excluding carboxylic acids is 2. The molecule has 0 atom stereocenters. The zero-order chi connectivity index (χ0) is 35.8. The van der Waals surface area contributed by atoms with Crippen LogP contribution < -0.4 is 21.3 Å². The molecule has 20 heteroatoms. The number of amides is 2. The SMILES string of the molecule is Nc1nc(N(C(=O)c2cnoc2)c2conc2N(C(=O)c2cnoc2)c2cnc(-c3cc(Cl)ccc3Cl)c(N)n2)cnc1-c1cc(Cl)ccc1Cl. The van der Waals surface area contributed by atoms with Gasteiger partial charge in [-0.1, -0.05) is 61.9 Å². The Labute approximate surface area is 305 Å². The average molecular weight is 765 g/mol. The molecule has 5 aromatic heterocycles. The summed E-state index contributed by atoms with van der Waals surface area (Å²) in [6.45, 7) is 0. The van der Waals surface area contributed by atoms with Gasteiger partial charge in [-0.2, -0.15) is 0 Å². The number of rotatable bonds is 8. The zero-order valence-corrected chi connectivity index (χ0v) is 28.3. The molecule has 2 aromatic carbocycles. The lowest BCUT2D eigenvalue weighted by Gasteiger charge is -2.24. The molecule has 0 aliphatic carbocycles. The topological polar surface area (TPSA) is 222 Å². The predicted molar refractivity (Wildman–Crippen MR) is 186 cm³/mol. The standard InChI is InChI=1S/C31H17Cl4N11O5/c32-16-1-3-20(34)18(5-16)25-27(36)42-23(9-38-25)45(30(47)14-7-40-49-11-14)22-13-51-44-29(22)46(31(48)15-8-41-50-12-15)24-10-39-26(28(37)43-24)19-6-17(33)2-4-21(19)35/h1-13H,(H2,36,42)(H2,37,43). The van der Waals surface area contributed by atoms with Crippen molar-refractivity contribution in [3.8, 4) is 22.5 Å². The normalized spacial score (nSPS) is 11.1. The molecule has 254 valence electrons. The fraction of sp³-hybridized carbons (Fsp3) is 0. The van der Waals surface area contributed by atoms with Gasteiger partial charge in [0.15, 0.2) is 23.3 Å². The highest BCUT2D eigenvalue weighted by Crippen LogP contribution is 2.41. The van der Waals surface area contributed by atoms with E-state index in [4.69, 9.17) is 71.4 Å².